The standard InChI is InChI=1S/C16H20N4OS/c1-6-9-20(11(2)17-3)16(21)14-10-12-13(19(4)5)7-8-18-15(12)22-14/h6-10H,1-5H3/b9-6+,17-11?. The van der Waals surface area contributed by atoms with Gasteiger partial charge in [-0.1, -0.05) is 6.08 Å². The van der Waals surface area contributed by atoms with Gasteiger partial charge in [0.1, 0.15) is 10.7 Å². The largest absolute Gasteiger partial charge is 0.377 e. The number of carbonyl (C=O) groups is 1. The van der Waals surface area contributed by atoms with Crippen molar-refractivity contribution in [3.05, 3.63) is 35.5 Å². The van der Waals surface area contributed by atoms with E-state index in [1.165, 1.54) is 11.3 Å². The van der Waals surface area contributed by atoms with E-state index >= 15 is 0 Å². The molecule has 0 aliphatic carbocycles. The molecule has 116 valence electrons. The van der Waals surface area contributed by atoms with Crippen LogP contribution in [0, 0.1) is 0 Å². The maximum atomic E-state index is 12.7. The lowest BCUT2D eigenvalue weighted by Gasteiger charge is -2.16. The SMILES string of the molecule is C/C=C/N(C(=O)c1cc2c(N(C)C)ccnc2s1)C(C)=NC. The lowest BCUT2D eigenvalue weighted by molar-refractivity contribution is 0.0891. The summed E-state index contributed by atoms with van der Waals surface area (Å²) in [5, 5.41) is 0.993. The number of fused-ring (bicyclic) bond motifs is 1. The molecule has 0 radical (unpaired) electrons. The third-order valence-corrected chi connectivity index (χ3v) is 4.33. The van der Waals surface area contributed by atoms with Crippen molar-refractivity contribution in [3.8, 4) is 0 Å². The van der Waals surface area contributed by atoms with Crippen LogP contribution >= 0.6 is 11.3 Å². The van der Waals surface area contributed by atoms with Crippen LogP contribution in [0.25, 0.3) is 10.2 Å². The van der Waals surface area contributed by atoms with Crippen LogP contribution in [0.3, 0.4) is 0 Å². The Balaban J connectivity index is 2.50. The number of hydrogen-bond acceptors (Lipinski definition) is 5. The summed E-state index contributed by atoms with van der Waals surface area (Å²) in [6.07, 6.45) is 5.32. The number of nitrogens with zero attached hydrogens (tertiary/aromatic N) is 4. The summed E-state index contributed by atoms with van der Waals surface area (Å²) < 4.78 is 0. The molecule has 0 atom stereocenters. The number of aliphatic imine (C=N–C) groups is 1. The van der Waals surface area contributed by atoms with Crippen molar-refractivity contribution >= 4 is 39.0 Å². The number of amides is 1. The molecule has 2 rings (SSSR count). The number of allylic oxidation sites excluding steroid dienone is 1. The Hall–Kier alpha value is -2.21. The second-order valence-corrected chi connectivity index (χ2v) is 6.01. The van der Waals surface area contributed by atoms with Gasteiger partial charge in [-0.2, -0.15) is 0 Å². The number of amidine groups is 1. The number of carbonyl (C=O) groups excluding carboxylic acids is 1. The molecule has 2 aromatic heterocycles. The molecule has 0 N–H and O–H groups in total. The third-order valence-electron chi connectivity index (χ3n) is 3.29. The van der Waals surface area contributed by atoms with Gasteiger partial charge in [-0.05, 0) is 26.0 Å². The van der Waals surface area contributed by atoms with E-state index in [1.807, 2.05) is 51.1 Å². The highest BCUT2D eigenvalue weighted by molar-refractivity contribution is 7.20. The van der Waals surface area contributed by atoms with E-state index in [9.17, 15) is 4.79 Å². The molecular formula is C16H20N4OS. The fourth-order valence-corrected chi connectivity index (χ4v) is 3.08. The maximum absolute atomic E-state index is 12.7. The second kappa shape index (κ2) is 6.70. The van der Waals surface area contributed by atoms with Gasteiger partial charge in [0.15, 0.2) is 0 Å². The Kier molecular flexibility index (Phi) is 4.92. The fraction of sp³-hybridized carbons (Fsp3) is 0.312. The van der Waals surface area contributed by atoms with Crippen molar-refractivity contribution in [2.75, 3.05) is 26.0 Å². The fourth-order valence-electron chi connectivity index (χ4n) is 2.12. The van der Waals surface area contributed by atoms with Crippen LogP contribution in [-0.2, 0) is 0 Å². The molecule has 2 aromatic rings. The molecule has 22 heavy (non-hydrogen) atoms. The molecule has 1 amide bonds. The predicted octanol–water partition coefficient (Wildman–Crippen LogP) is 3.39. The molecule has 0 bridgehead atoms. The van der Waals surface area contributed by atoms with Gasteiger partial charge in [0, 0.05) is 44.6 Å². The second-order valence-electron chi connectivity index (χ2n) is 4.98. The zero-order chi connectivity index (χ0) is 16.3. The Morgan fingerprint density at radius 1 is 1.41 bits per heavy atom. The minimum absolute atomic E-state index is 0.0890. The quantitative estimate of drug-likeness (QED) is 0.644. The summed E-state index contributed by atoms with van der Waals surface area (Å²) in [6, 6.07) is 3.86. The van der Waals surface area contributed by atoms with E-state index < -0.39 is 0 Å². The van der Waals surface area contributed by atoms with Crippen LogP contribution in [0.15, 0.2) is 35.6 Å². The lowest BCUT2D eigenvalue weighted by Crippen LogP contribution is -2.29. The van der Waals surface area contributed by atoms with Crippen molar-refractivity contribution in [2.24, 2.45) is 4.99 Å². The van der Waals surface area contributed by atoms with Gasteiger partial charge >= 0.3 is 0 Å². The van der Waals surface area contributed by atoms with Crippen LogP contribution < -0.4 is 4.90 Å². The van der Waals surface area contributed by atoms with E-state index in [4.69, 9.17) is 0 Å². The molecule has 0 spiro atoms. The highest BCUT2D eigenvalue weighted by Crippen LogP contribution is 2.31. The van der Waals surface area contributed by atoms with Crippen molar-refractivity contribution in [1.29, 1.82) is 0 Å². The molecule has 5 nitrogen and oxygen atoms in total. The van der Waals surface area contributed by atoms with E-state index in [2.05, 4.69) is 9.98 Å². The summed E-state index contributed by atoms with van der Waals surface area (Å²) in [5.41, 5.74) is 1.05. The first-order chi connectivity index (χ1) is 10.5. The zero-order valence-electron chi connectivity index (χ0n) is 13.5. The van der Waals surface area contributed by atoms with Crippen molar-refractivity contribution in [1.82, 2.24) is 9.88 Å². The van der Waals surface area contributed by atoms with Gasteiger partial charge in [-0.3, -0.25) is 14.7 Å². The molecule has 0 unspecified atom stereocenters. The summed E-state index contributed by atoms with van der Waals surface area (Å²) in [5.74, 6) is 0.565. The highest BCUT2D eigenvalue weighted by Gasteiger charge is 2.20. The Morgan fingerprint density at radius 3 is 2.73 bits per heavy atom. The van der Waals surface area contributed by atoms with E-state index in [0.717, 1.165) is 15.9 Å². The van der Waals surface area contributed by atoms with Gasteiger partial charge in [0.2, 0.25) is 0 Å². The molecule has 0 saturated carbocycles. The zero-order valence-corrected chi connectivity index (χ0v) is 14.3. The number of hydrogen-bond donors (Lipinski definition) is 0. The topological polar surface area (TPSA) is 48.8 Å². The number of pyridine rings is 1. The number of aromatic nitrogens is 1. The summed E-state index contributed by atoms with van der Waals surface area (Å²) in [7, 11) is 5.64. The van der Waals surface area contributed by atoms with Gasteiger partial charge in [-0.15, -0.1) is 11.3 Å². The van der Waals surface area contributed by atoms with Crippen LogP contribution in [0.5, 0.6) is 0 Å². The molecule has 0 fully saturated rings. The molecule has 0 aliphatic heterocycles. The van der Waals surface area contributed by atoms with Crippen molar-refractivity contribution < 1.29 is 4.79 Å². The van der Waals surface area contributed by atoms with Gasteiger partial charge < -0.3 is 4.90 Å². The van der Waals surface area contributed by atoms with Crippen LogP contribution in [0.4, 0.5) is 5.69 Å². The first-order valence-electron chi connectivity index (χ1n) is 6.95. The number of thiophene rings is 1. The molecular weight excluding hydrogens is 296 g/mol. The van der Waals surface area contributed by atoms with Crippen LogP contribution in [0.2, 0.25) is 0 Å². The molecule has 2 heterocycles. The average Bonchev–Trinajstić information content (AvgIpc) is 2.94. The van der Waals surface area contributed by atoms with E-state index in [0.29, 0.717) is 10.7 Å². The molecule has 6 heteroatoms. The highest BCUT2D eigenvalue weighted by atomic mass is 32.1. The summed E-state index contributed by atoms with van der Waals surface area (Å²) in [4.78, 5) is 26.3. The van der Waals surface area contributed by atoms with Crippen molar-refractivity contribution in [3.63, 3.8) is 0 Å². The van der Waals surface area contributed by atoms with Crippen LogP contribution in [0.1, 0.15) is 23.5 Å². The molecule has 0 saturated heterocycles. The molecule has 0 aliphatic rings. The van der Waals surface area contributed by atoms with Gasteiger partial charge in [-0.25, -0.2) is 4.98 Å². The summed E-state index contributed by atoms with van der Waals surface area (Å²) in [6.45, 7) is 3.69. The molecule has 0 aromatic carbocycles. The summed E-state index contributed by atoms with van der Waals surface area (Å²) >= 11 is 1.40. The van der Waals surface area contributed by atoms with Gasteiger partial charge in [0.05, 0.1) is 4.88 Å². The first kappa shape index (κ1) is 16.2. The predicted molar refractivity (Wildman–Crippen MR) is 94.0 cm³/mol. The van der Waals surface area contributed by atoms with E-state index in [1.54, 1.807) is 24.3 Å². The number of anilines is 1. The minimum atomic E-state index is -0.0890. The minimum Gasteiger partial charge on any atom is -0.377 e. The van der Waals surface area contributed by atoms with Gasteiger partial charge in [0.25, 0.3) is 5.91 Å². The normalized spacial score (nSPS) is 12.1. The van der Waals surface area contributed by atoms with Crippen LogP contribution in [-0.4, -0.2) is 42.8 Å². The Labute approximate surface area is 134 Å². The van der Waals surface area contributed by atoms with E-state index in [-0.39, 0.29) is 5.91 Å². The first-order valence-corrected chi connectivity index (χ1v) is 7.76. The van der Waals surface area contributed by atoms with Crippen molar-refractivity contribution in [2.45, 2.75) is 13.8 Å². The monoisotopic (exact) mass is 316 g/mol. The Bertz CT molecular complexity index is 746. The maximum Gasteiger partial charge on any atom is 0.273 e. The smallest absolute Gasteiger partial charge is 0.273 e. The third kappa shape index (κ3) is 3.01. The number of rotatable bonds is 3. The average molecular weight is 316 g/mol. The lowest BCUT2D eigenvalue weighted by atomic mass is 10.2. The Morgan fingerprint density at radius 2 is 2.14 bits per heavy atom.